The van der Waals surface area contributed by atoms with E-state index in [2.05, 4.69) is 38.2 Å². The quantitative estimate of drug-likeness (QED) is 0.622. The zero-order chi connectivity index (χ0) is 18.4. The van der Waals surface area contributed by atoms with Crippen LogP contribution >= 0.6 is 0 Å². The smallest absolute Gasteiger partial charge is 0.240 e. The Morgan fingerprint density at radius 3 is 2.23 bits per heavy atom. The molecule has 3 amide bonds. The average molecular weight is 356 g/mol. The van der Waals surface area contributed by atoms with Gasteiger partial charge in [-0.15, -0.1) is 0 Å². The van der Waals surface area contributed by atoms with Gasteiger partial charge in [0, 0.05) is 6.04 Å². The van der Waals surface area contributed by atoms with Crippen molar-refractivity contribution >= 4 is 17.7 Å². The largest absolute Gasteiger partial charge is 0.351 e. The van der Waals surface area contributed by atoms with Crippen LogP contribution in [0, 0.1) is 40.4 Å². The molecule has 26 heavy (non-hydrogen) atoms. The maximum Gasteiger partial charge on any atom is 0.240 e. The lowest BCUT2D eigenvalue weighted by atomic mass is 9.69. The molecule has 1 saturated heterocycles. The molecule has 4 bridgehead atoms. The van der Waals surface area contributed by atoms with Gasteiger partial charge in [-0.3, -0.25) is 19.3 Å². The molecule has 5 nitrogen and oxygen atoms in total. The van der Waals surface area contributed by atoms with Gasteiger partial charge in [0.2, 0.25) is 17.7 Å². The fourth-order valence-electron chi connectivity index (χ4n) is 6.93. The summed E-state index contributed by atoms with van der Waals surface area (Å²) in [6.45, 7) is 6.80. The maximum atomic E-state index is 12.7. The summed E-state index contributed by atoms with van der Waals surface area (Å²) in [4.78, 5) is 39.4. The van der Waals surface area contributed by atoms with Crippen LogP contribution in [0.3, 0.4) is 0 Å². The van der Waals surface area contributed by atoms with Crippen LogP contribution in [0.15, 0.2) is 12.2 Å². The molecule has 0 aromatic rings. The van der Waals surface area contributed by atoms with Crippen LogP contribution in [-0.2, 0) is 14.4 Å². The normalized spacial score (nSPS) is 47.1. The highest BCUT2D eigenvalue weighted by Crippen LogP contribution is 2.65. The minimum absolute atomic E-state index is 0.103. The standard InChI is InChI=1S/C21H28N2O3/c1-20(2)13-6-7-21(20,3)14(9-13)22-15(24)10-23-18(25)16-11-4-5-12(8-11)17(16)19(23)26/h4-5,11-14,16-17H,6-10H2,1-3H3,(H,22,24)/t11-,12-,13-,14+,16-,17-,21-/m0/s1. The topological polar surface area (TPSA) is 66.5 Å². The number of likely N-dealkylation sites (tertiary alicyclic amines) is 1. The van der Waals surface area contributed by atoms with E-state index in [0.29, 0.717) is 5.92 Å². The predicted octanol–water partition coefficient (Wildman–Crippen LogP) is 2.12. The number of carbonyl (C=O) groups is 3. The second kappa shape index (κ2) is 4.99. The molecule has 0 radical (unpaired) electrons. The van der Waals surface area contributed by atoms with Crippen molar-refractivity contribution in [3.8, 4) is 0 Å². The van der Waals surface area contributed by atoms with Gasteiger partial charge in [-0.1, -0.05) is 32.9 Å². The Bertz CT molecular complexity index is 712. The van der Waals surface area contributed by atoms with Gasteiger partial charge in [-0.25, -0.2) is 0 Å². The molecule has 140 valence electrons. The van der Waals surface area contributed by atoms with Crippen molar-refractivity contribution in [2.75, 3.05) is 6.54 Å². The van der Waals surface area contributed by atoms with E-state index in [1.807, 2.05) is 0 Å². The van der Waals surface area contributed by atoms with Gasteiger partial charge in [0.05, 0.1) is 11.8 Å². The summed E-state index contributed by atoms with van der Waals surface area (Å²) in [6, 6.07) is 0.147. The molecule has 0 unspecified atom stereocenters. The number of imide groups is 1. The van der Waals surface area contributed by atoms with Crippen molar-refractivity contribution in [2.45, 2.75) is 52.5 Å². The molecule has 0 aromatic heterocycles. The van der Waals surface area contributed by atoms with Crippen molar-refractivity contribution in [2.24, 2.45) is 40.4 Å². The van der Waals surface area contributed by atoms with E-state index in [1.165, 1.54) is 11.3 Å². The molecule has 5 aliphatic rings. The van der Waals surface area contributed by atoms with Gasteiger partial charge >= 0.3 is 0 Å². The Labute approximate surface area is 154 Å². The summed E-state index contributed by atoms with van der Waals surface area (Å²) in [5, 5.41) is 3.18. The summed E-state index contributed by atoms with van der Waals surface area (Å²) < 4.78 is 0. The van der Waals surface area contributed by atoms with E-state index >= 15 is 0 Å². The Kier molecular flexibility index (Phi) is 3.17. The summed E-state index contributed by atoms with van der Waals surface area (Å²) >= 11 is 0. The lowest BCUT2D eigenvalue weighted by molar-refractivity contribution is -0.144. The molecule has 0 aromatic carbocycles. The van der Waals surface area contributed by atoms with Crippen LogP contribution in [0.4, 0.5) is 0 Å². The fourth-order valence-corrected chi connectivity index (χ4v) is 6.93. The summed E-state index contributed by atoms with van der Waals surface area (Å²) in [5.41, 5.74) is 0.331. The molecule has 5 rings (SSSR count). The molecule has 1 heterocycles. The Morgan fingerprint density at radius 1 is 1.12 bits per heavy atom. The van der Waals surface area contributed by atoms with Crippen LogP contribution in [0.25, 0.3) is 0 Å². The number of carbonyl (C=O) groups excluding carboxylic acids is 3. The molecule has 3 saturated carbocycles. The van der Waals surface area contributed by atoms with Gasteiger partial charge in [0.15, 0.2) is 0 Å². The van der Waals surface area contributed by atoms with E-state index in [-0.39, 0.29) is 64.8 Å². The van der Waals surface area contributed by atoms with Gasteiger partial charge < -0.3 is 5.32 Å². The number of hydrogen-bond donors (Lipinski definition) is 1. The first kappa shape index (κ1) is 16.5. The van der Waals surface area contributed by atoms with Crippen molar-refractivity contribution in [3.63, 3.8) is 0 Å². The highest BCUT2D eigenvalue weighted by atomic mass is 16.2. The number of nitrogens with one attached hydrogen (secondary N) is 1. The first-order valence-electron chi connectivity index (χ1n) is 10.1. The highest BCUT2D eigenvalue weighted by molar-refractivity contribution is 6.08. The van der Waals surface area contributed by atoms with Crippen molar-refractivity contribution in [1.82, 2.24) is 10.2 Å². The molecule has 1 N–H and O–H groups in total. The third-order valence-electron chi connectivity index (χ3n) is 8.99. The number of amides is 3. The van der Waals surface area contributed by atoms with Crippen molar-refractivity contribution < 1.29 is 14.4 Å². The first-order chi connectivity index (χ1) is 12.2. The molecule has 1 aliphatic heterocycles. The molecule has 5 heteroatoms. The number of nitrogens with zero attached hydrogens (tertiary/aromatic N) is 1. The number of allylic oxidation sites excluding steroid dienone is 2. The van der Waals surface area contributed by atoms with Gasteiger partial charge in [-0.05, 0) is 54.3 Å². The second-order valence-corrected chi connectivity index (χ2v) is 9.99. The fraction of sp³-hybridized carbons (Fsp3) is 0.762. The van der Waals surface area contributed by atoms with E-state index in [4.69, 9.17) is 0 Å². The summed E-state index contributed by atoms with van der Waals surface area (Å²) in [5.74, 6) is 0.154. The van der Waals surface area contributed by atoms with E-state index < -0.39 is 0 Å². The van der Waals surface area contributed by atoms with E-state index in [0.717, 1.165) is 19.3 Å². The van der Waals surface area contributed by atoms with Gasteiger partial charge in [0.1, 0.15) is 6.54 Å². The van der Waals surface area contributed by atoms with E-state index in [9.17, 15) is 14.4 Å². The Morgan fingerprint density at radius 2 is 1.73 bits per heavy atom. The monoisotopic (exact) mass is 356 g/mol. The zero-order valence-electron chi connectivity index (χ0n) is 15.8. The molecular formula is C21H28N2O3. The average Bonchev–Trinajstić information content (AvgIpc) is 3.33. The summed E-state index contributed by atoms with van der Waals surface area (Å²) in [6.07, 6.45) is 8.46. The third kappa shape index (κ3) is 1.84. The zero-order valence-corrected chi connectivity index (χ0v) is 15.8. The lowest BCUT2D eigenvalue weighted by Gasteiger charge is -2.39. The van der Waals surface area contributed by atoms with Crippen molar-refractivity contribution in [3.05, 3.63) is 12.2 Å². The number of fused-ring (bicyclic) bond motifs is 7. The molecular weight excluding hydrogens is 328 g/mol. The van der Waals surface area contributed by atoms with Crippen LogP contribution in [0.2, 0.25) is 0 Å². The predicted molar refractivity (Wildman–Crippen MR) is 95.6 cm³/mol. The number of rotatable bonds is 3. The Hall–Kier alpha value is -1.65. The molecule has 0 spiro atoms. The van der Waals surface area contributed by atoms with Crippen LogP contribution < -0.4 is 5.32 Å². The van der Waals surface area contributed by atoms with Crippen LogP contribution in [0.5, 0.6) is 0 Å². The first-order valence-corrected chi connectivity index (χ1v) is 10.1. The van der Waals surface area contributed by atoms with Crippen LogP contribution in [0.1, 0.15) is 46.5 Å². The van der Waals surface area contributed by atoms with Crippen molar-refractivity contribution in [1.29, 1.82) is 0 Å². The summed E-state index contributed by atoms with van der Waals surface area (Å²) in [7, 11) is 0. The third-order valence-corrected chi connectivity index (χ3v) is 8.99. The number of hydrogen-bond acceptors (Lipinski definition) is 3. The Balaban J connectivity index is 1.28. The van der Waals surface area contributed by atoms with Gasteiger partial charge in [0.25, 0.3) is 0 Å². The highest BCUT2D eigenvalue weighted by Gasteiger charge is 2.62. The second-order valence-electron chi connectivity index (χ2n) is 9.99. The lowest BCUT2D eigenvalue weighted by Crippen LogP contribution is -2.50. The molecule has 4 fully saturated rings. The van der Waals surface area contributed by atoms with Crippen LogP contribution in [-0.4, -0.2) is 35.2 Å². The molecule has 7 atom stereocenters. The minimum Gasteiger partial charge on any atom is -0.351 e. The van der Waals surface area contributed by atoms with Gasteiger partial charge in [-0.2, -0.15) is 0 Å². The SMILES string of the molecule is CC1(C)[C@H]2CC[C@@]1(C)[C@H](NC(=O)CN1C(=O)[C@@H]3[C@@H](C1=O)[C@H]1C=C[C@H]3C1)C2. The minimum atomic E-state index is -0.218. The maximum absolute atomic E-state index is 12.7. The molecule has 4 aliphatic carbocycles. The van der Waals surface area contributed by atoms with E-state index in [1.54, 1.807) is 0 Å².